The van der Waals surface area contributed by atoms with Crippen LogP contribution in [0.1, 0.15) is 18.1 Å². The molecule has 1 aliphatic heterocycles. The van der Waals surface area contributed by atoms with E-state index in [0.717, 1.165) is 28.8 Å². The van der Waals surface area contributed by atoms with E-state index in [2.05, 4.69) is 27.3 Å². The minimum Gasteiger partial charge on any atom is -0.493 e. The zero-order valence-corrected chi connectivity index (χ0v) is 13.3. The van der Waals surface area contributed by atoms with Crippen molar-refractivity contribution in [2.45, 2.75) is 19.9 Å². The fourth-order valence-electron chi connectivity index (χ4n) is 2.07. The maximum Gasteiger partial charge on any atom is 0.151 e. The van der Waals surface area contributed by atoms with Gasteiger partial charge in [-0.3, -0.25) is 0 Å². The molecule has 1 aromatic carbocycles. The van der Waals surface area contributed by atoms with Crippen LogP contribution in [-0.4, -0.2) is 33.1 Å². The van der Waals surface area contributed by atoms with E-state index >= 15 is 0 Å². The molecular weight excluding hydrogens is 330 g/mol. The third-order valence-corrected chi connectivity index (χ3v) is 5.33. The summed E-state index contributed by atoms with van der Waals surface area (Å²) in [6.07, 6.45) is 0.936. The van der Waals surface area contributed by atoms with Crippen molar-refractivity contribution in [2.75, 3.05) is 24.7 Å². The van der Waals surface area contributed by atoms with Gasteiger partial charge in [0.25, 0.3) is 0 Å². The van der Waals surface area contributed by atoms with Crippen LogP contribution < -0.4 is 10.1 Å². The van der Waals surface area contributed by atoms with Gasteiger partial charge in [0.05, 0.1) is 12.4 Å². The number of hydrogen-bond donors (Lipinski definition) is 1. The molecule has 0 amide bonds. The van der Waals surface area contributed by atoms with Crippen molar-refractivity contribution in [1.29, 1.82) is 0 Å². The molecular formula is C13H18BrNO3S. The number of rotatable bonds is 6. The predicted molar refractivity (Wildman–Crippen MR) is 79.4 cm³/mol. The lowest BCUT2D eigenvalue weighted by Gasteiger charge is -2.10. The first-order chi connectivity index (χ1) is 9.02. The largest absolute Gasteiger partial charge is 0.493 e. The van der Waals surface area contributed by atoms with Gasteiger partial charge in [-0.05, 0) is 17.7 Å². The molecule has 4 nitrogen and oxygen atoms in total. The summed E-state index contributed by atoms with van der Waals surface area (Å²) in [5.41, 5.74) is 2.29. The quantitative estimate of drug-likeness (QED) is 0.798. The fraction of sp³-hybridized carbons (Fsp3) is 0.538. The van der Waals surface area contributed by atoms with Crippen LogP contribution >= 0.6 is 15.9 Å². The first-order valence-corrected chi connectivity index (χ1v) is 8.98. The molecule has 0 fully saturated rings. The summed E-state index contributed by atoms with van der Waals surface area (Å²) >= 11 is 3.49. The lowest BCUT2D eigenvalue weighted by atomic mass is 10.1. The number of benzene rings is 1. The van der Waals surface area contributed by atoms with E-state index in [4.69, 9.17) is 4.74 Å². The van der Waals surface area contributed by atoms with E-state index in [1.165, 1.54) is 5.56 Å². The van der Waals surface area contributed by atoms with Crippen LogP contribution in [0.4, 0.5) is 0 Å². The summed E-state index contributed by atoms with van der Waals surface area (Å²) in [5, 5.41) is 3.17. The summed E-state index contributed by atoms with van der Waals surface area (Å²) in [7, 11) is -2.90. The number of hydrogen-bond acceptors (Lipinski definition) is 4. The van der Waals surface area contributed by atoms with Gasteiger partial charge in [-0.25, -0.2) is 8.42 Å². The van der Waals surface area contributed by atoms with E-state index in [9.17, 15) is 8.42 Å². The molecule has 0 aromatic heterocycles. The average molecular weight is 348 g/mol. The highest BCUT2D eigenvalue weighted by atomic mass is 79.9. The molecule has 19 heavy (non-hydrogen) atoms. The molecule has 0 radical (unpaired) electrons. The van der Waals surface area contributed by atoms with Gasteiger partial charge >= 0.3 is 0 Å². The number of halogens is 1. The van der Waals surface area contributed by atoms with Crippen LogP contribution in [-0.2, 0) is 22.8 Å². The Hall–Kier alpha value is -0.590. The highest BCUT2D eigenvalue weighted by Gasteiger charge is 2.17. The van der Waals surface area contributed by atoms with Gasteiger partial charge in [0.1, 0.15) is 5.75 Å². The molecule has 1 aliphatic rings. The molecule has 1 heterocycles. The Balaban J connectivity index is 1.94. The van der Waals surface area contributed by atoms with Crippen molar-refractivity contribution in [3.63, 3.8) is 0 Å². The summed E-state index contributed by atoms with van der Waals surface area (Å²) in [6.45, 7) is 3.49. The van der Waals surface area contributed by atoms with Crippen LogP contribution in [0.2, 0.25) is 0 Å². The van der Waals surface area contributed by atoms with Crippen LogP contribution in [0.3, 0.4) is 0 Å². The Morgan fingerprint density at radius 2 is 2.21 bits per heavy atom. The zero-order valence-electron chi connectivity index (χ0n) is 10.9. The second-order valence-corrected chi connectivity index (χ2v) is 7.95. The Bertz CT molecular complexity index is 557. The second kappa shape index (κ2) is 6.24. The van der Waals surface area contributed by atoms with Gasteiger partial charge in [-0.2, -0.15) is 0 Å². The first kappa shape index (κ1) is 14.8. The highest BCUT2D eigenvalue weighted by Crippen LogP contribution is 2.32. The third kappa shape index (κ3) is 3.94. The first-order valence-electron chi connectivity index (χ1n) is 6.37. The molecule has 2 rings (SSSR count). The smallest absolute Gasteiger partial charge is 0.151 e. The van der Waals surface area contributed by atoms with E-state index in [1.54, 1.807) is 6.92 Å². The van der Waals surface area contributed by atoms with Gasteiger partial charge < -0.3 is 10.1 Å². The Labute approximate surface area is 122 Å². The lowest BCUT2D eigenvalue weighted by Crippen LogP contribution is -2.23. The normalized spacial score (nSPS) is 14.2. The van der Waals surface area contributed by atoms with Crippen LogP contribution in [0, 0.1) is 0 Å². The number of nitrogens with one attached hydrogen (secondary N) is 1. The molecule has 1 aromatic rings. The third-order valence-electron chi connectivity index (χ3n) is 3.17. The van der Waals surface area contributed by atoms with E-state index in [-0.39, 0.29) is 11.5 Å². The van der Waals surface area contributed by atoms with Crippen molar-refractivity contribution < 1.29 is 13.2 Å². The second-order valence-electron chi connectivity index (χ2n) is 4.56. The summed E-state index contributed by atoms with van der Waals surface area (Å²) in [5.74, 6) is 1.33. The SMILES string of the molecule is CCS(=O)(=O)CCNCc1cc(Br)cc2c1OCC2. The van der Waals surface area contributed by atoms with Gasteiger partial charge in [0.15, 0.2) is 9.84 Å². The molecule has 0 unspecified atom stereocenters. The Morgan fingerprint density at radius 1 is 1.42 bits per heavy atom. The maximum absolute atomic E-state index is 11.4. The van der Waals surface area contributed by atoms with Crippen LogP contribution in [0.5, 0.6) is 5.75 Å². The van der Waals surface area contributed by atoms with Gasteiger partial charge in [-0.15, -0.1) is 0 Å². The molecule has 1 N–H and O–H groups in total. The minimum absolute atomic E-state index is 0.181. The van der Waals surface area contributed by atoms with Crippen molar-refractivity contribution in [3.8, 4) is 5.75 Å². The summed E-state index contributed by atoms with van der Waals surface area (Å²) < 4.78 is 29.4. The van der Waals surface area contributed by atoms with Crippen molar-refractivity contribution >= 4 is 25.8 Å². The highest BCUT2D eigenvalue weighted by molar-refractivity contribution is 9.10. The van der Waals surface area contributed by atoms with Crippen molar-refractivity contribution in [3.05, 3.63) is 27.7 Å². The molecule has 6 heteroatoms. The Kier molecular flexibility index (Phi) is 4.86. The molecule has 106 valence electrons. The molecule has 0 bridgehead atoms. The van der Waals surface area contributed by atoms with Crippen LogP contribution in [0.15, 0.2) is 16.6 Å². The van der Waals surface area contributed by atoms with Gasteiger partial charge in [0, 0.05) is 35.3 Å². The monoisotopic (exact) mass is 347 g/mol. The van der Waals surface area contributed by atoms with Gasteiger partial charge in [-0.1, -0.05) is 22.9 Å². The van der Waals surface area contributed by atoms with E-state index in [1.807, 2.05) is 6.07 Å². The maximum atomic E-state index is 11.4. The van der Waals surface area contributed by atoms with Crippen molar-refractivity contribution in [1.82, 2.24) is 5.32 Å². The zero-order chi connectivity index (χ0) is 13.9. The van der Waals surface area contributed by atoms with E-state index in [0.29, 0.717) is 13.1 Å². The topological polar surface area (TPSA) is 55.4 Å². The Morgan fingerprint density at radius 3 is 2.95 bits per heavy atom. The minimum atomic E-state index is -2.90. The molecule has 0 spiro atoms. The standard InChI is InChI=1S/C13H18BrNO3S/c1-2-19(16,17)6-4-15-9-11-8-12(14)7-10-3-5-18-13(10)11/h7-8,15H,2-6,9H2,1H3. The molecule has 0 saturated carbocycles. The summed E-state index contributed by atoms with van der Waals surface area (Å²) in [4.78, 5) is 0. The number of ether oxygens (including phenoxy) is 1. The molecule has 0 aliphatic carbocycles. The van der Waals surface area contributed by atoms with Gasteiger partial charge in [0.2, 0.25) is 0 Å². The number of sulfone groups is 1. The van der Waals surface area contributed by atoms with Crippen molar-refractivity contribution in [2.24, 2.45) is 0 Å². The summed E-state index contributed by atoms with van der Waals surface area (Å²) in [6, 6.07) is 4.10. The fourth-order valence-corrected chi connectivity index (χ4v) is 3.37. The van der Waals surface area contributed by atoms with Crippen LogP contribution in [0.25, 0.3) is 0 Å². The molecule has 0 saturated heterocycles. The predicted octanol–water partition coefficient (Wildman–Crippen LogP) is 1.91. The average Bonchev–Trinajstić information content (AvgIpc) is 2.82. The van der Waals surface area contributed by atoms with E-state index < -0.39 is 9.84 Å². The number of fused-ring (bicyclic) bond motifs is 1. The molecule has 0 atom stereocenters. The lowest BCUT2D eigenvalue weighted by molar-refractivity contribution is 0.352.